The highest BCUT2D eigenvalue weighted by Crippen LogP contribution is 2.07. The molecule has 0 aromatic carbocycles. The summed E-state index contributed by atoms with van der Waals surface area (Å²) in [6.45, 7) is 3.42. The zero-order valence-electron chi connectivity index (χ0n) is 14.1. The van der Waals surface area contributed by atoms with Crippen molar-refractivity contribution in [3.63, 3.8) is 0 Å². The fourth-order valence-electron chi connectivity index (χ4n) is 2.16. The minimum atomic E-state index is 0.0473. The van der Waals surface area contributed by atoms with Crippen molar-refractivity contribution in [2.24, 2.45) is 11.8 Å². The van der Waals surface area contributed by atoms with Crippen LogP contribution in [0.25, 0.3) is 0 Å². The second-order valence-electron chi connectivity index (χ2n) is 6.20. The van der Waals surface area contributed by atoms with Crippen LogP contribution >= 0.6 is 0 Å². The molecule has 0 saturated carbocycles. The van der Waals surface area contributed by atoms with Gasteiger partial charge in [-0.05, 0) is 67.0 Å². The number of hydrogen-bond donors (Lipinski definition) is 1. The van der Waals surface area contributed by atoms with Gasteiger partial charge in [-0.2, -0.15) is 10.5 Å². The predicted octanol–water partition coefficient (Wildman–Crippen LogP) is 1.54. The molecule has 120 valence electrons. The molecule has 0 bridgehead atoms. The van der Waals surface area contributed by atoms with Gasteiger partial charge in [0.1, 0.15) is 0 Å². The van der Waals surface area contributed by atoms with E-state index in [9.17, 15) is 0 Å². The highest BCUT2D eigenvalue weighted by Gasteiger charge is 2.10. The summed E-state index contributed by atoms with van der Waals surface area (Å²) in [6.07, 6.45) is 3.91. The fraction of sp³-hybridized carbons (Fsp3) is 0.875. The largest absolute Gasteiger partial charge is 0.314 e. The summed E-state index contributed by atoms with van der Waals surface area (Å²) >= 11 is 0. The van der Waals surface area contributed by atoms with Gasteiger partial charge < -0.3 is 15.1 Å². The lowest BCUT2D eigenvalue weighted by Crippen LogP contribution is -2.28. The first-order valence-electron chi connectivity index (χ1n) is 7.79. The smallest absolute Gasteiger partial charge is 0.0669 e. The Morgan fingerprint density at radius 2 is 1.19 bits per heavy atom. The highest BCUT2D eigenvalue weighted by atomic mass is 15.0. The Morgan fingerprint density at radius 3 is 1.48 bits per heavy atom. The molecule has 2 atom stereocenters. The van der Waals surface area contributed by atoms with Crippen molar-refractivity contribution in [2.45, 2.75) is 25.7 Å². The molecule has 0 aromatic heterocycles. The lowest BCUT2D eigenvalue weighted by atomic mass is 10.0. The van der Waals surface area contributed by atoms with E-state index < -0.39 is 0 Å². The summed E-state index contributed by atoms with van der Waals surface area (Å²) in [4.78, 5) is 4.27. The first kappa shape index (κ1) is 19.9. The van der Waals surface area contributed by atoms with Crippen molar-refractivity contribution in [1.82, 2.24) is 15.1 Å². The molecule has 0 aliphatic heterocycles. The second kappa shape index (κ2) is 12.6. The van der Waals surface area contributed by atoms with E-state index >= 15 is 0 Å². The molecule has 0 aromatic rings. The summed E-state index contributed by atoms with van der Waals surface area (Å²) in [5, 5.41) is 21.6. The molecule has 0 rings (SSSR count). The van der Waals surface area contributed by atoms with Gasteiger partial charge in [-0.1, -0.05) is 0 Å². The third-order valence-corrected chi connectivity index (χ3v) is 3.46. The molecule has 2 unspecified atom stereocenters. The molecule has 5 heteroatoms. The Kier molecular flexibility index (Phi) is 11.9. The Labute approximate surface area is 130 Å². The van der Waals surface area contributed by atoms with E-state index in [2.05, 4.69) is 27.3 Å². The Bertz CT molecular complexity index is 295. The maximum absolute atomic E-state index is 9.14. The van der Waals surface area contributed by atoms with Gasteiger partial charge in [-0.3, -0.25) is 0 Å². The van der Waals surface area contributed by atoms with Gasteiger partial charge in [0, 0.05) is 13.1 Å². The third-order valence-electron chi connectivity index (χ3n) is 3.46. The Morgan fingerprint density at radius 1 is 0.810 bits per heavy atom. The zero-order valence-corrected chi connectivity index (χ0v) is 14.1. The van der Waals surface area contributed by atoms with Crippen molar-refractivity contribution in [2.75, 3.05) is 54.4 Å². The first-order valence-corrected chi connectivity index (χ1v) is 7.79. The quantitative estimate of drug-likeness (QED) is 0.591. The molecule has 0 aliphatic rings. The van der Waals surface area contributed by atoms with Crippen LogP contribution in [-0.2, 0) is 0 Å². The van der Waals surface area contributed by atoms with E-state index in [0.717, 1.165) is 38.8 Å². The molecule has 0 saturated heterocycles. The lowest BCUT2D eigenvalue weighted by molar-refractivity contribution is 0.368. The molecule has 0 radical (unpaired) electrons. The predicted molar refractivity (Wildman–Crippen MR) is 86.7 cm³/mol. The van der Waals surface area contributed by atoms with Gasteiger partial charge in [-0.15, -0.1) is 0 Å². The van der Waals surface area contributed by atoms with Crippen LogP contribution in [0.3, 0.4) is 0 Å². The number of rotatable bonds is 12. The van der Waals surface area contributed by atoms with Crippen LogP contribution in [0, 0.1) is 34.5 Å². The van der Waals surface area contributed by atoms with Crippen molar-refractivity contribution < 1.29 is 0 Å². The van der Waals surface area contributed by atoms with Crippen LogP contribution in [0.4, 0.5) is 0 Å². The summed E-state index contributed by atoms with van der Waals surface area (Å²) < 4.78 is 0. The van der Waals surface area contributed by atoms with Gasteiger partial charge in [0.2, 0.25) is 0 Å². The van der Waals surface area contributed by atoms with Crippen LogP contribution in [-0.4, -0.2) is 64.2 Å². The number of nitrogens with zero attached hydrogens (tertiary/aromatic N) is 4. The molecular weight excluding hydrogens is 262 g/mol. The van der Waals surface area contributed by atoms with Gasteiger partial charge in [-0.25, -0.2) is 0 Å². The monoisotopic (exact) mass is 293 g/mol. The highest BCUT2D eigenvalue weighted by molar-refractivity contribution is 4.88. The van der Waals surface area contributed by atoms with Crippen molar-refractivity contribution >= 4 is 0 Å². The van der Waals surface area contributed by atoms with E-state index in [1.165, 1.54) is 0 Å². The maximum Gasteiger partial charge on any atom is 0.0669 e. The number of nitrogens with one attached hydrogen (secondary N) is 1. The Hall–Kier alpha value is -1.14. The van der Waals surface area contributed by atoms with Gasteiger partial charge in [0.05, 0.1) is 24.0 Å². The summed E-state index contributed by atoms with van der Waals surface area (Å²) in [6, 6.07) is 4.71. The third kappa shape index (κ3) is 12.3. The SMILES string of the molecule is CN(C)CCCC(C#N)CNCC(C#N)CCCN(C)C. The van der Waals surface area contributed by atoms with E-state index in [1.807, 2.05) is 28.2 Å². The topological polar surface area (TPSA) is 66.1 Å². The number of hydrogen-bond acceptors (Lipinski definition) is 5. The van der Waals surface area contributed by atoms with Gasteiger partial charge in [0.25, 0.3) is 0 Å². The van der Waals surface area contributed by atoms with Gasteiger partial charge >= 0.3 is 0 Å². The first-order chi connectivity index (χ1) is 9.99. The molecular formula is C16H31N5. The second-order valence-corrected chi connectivity index (χ2v) is 6.20. The van der Waals surface area contributed by atoms with E-state index in [-0.39, 0.29) is 11.8 Å². The molecule has 0 aliphatic carbocycles. The van der Waals surface area contributed by atoms with Crippen LogP contribution in [0.1, 0.15) is 25.7 Å². The normalized spacial score (nSPS) is 13.9. The summed E-state index contributed by atoms with van der Waals surface area (Å²) in [5.74, 6) is 0.0946. The van der Waals surface area contributed by atoms with Gasteiger partial charge in [0.15, 0.2) is 0 Å². The summed E-state index contributed by atoms with van der Waals surface area (Å²) in [7, 11) is 8.19. The maximum atomic E-state index is 9.14. The minimum Gasteiger partial charge on any atom is -0.314 e. The molecule has 21 heavy (non-hydrogen) atoms. The molecule has 5 nitrogen and oxygen atoms in total. The average molecular weight is 293 g/mol. The lowest BCUT2D eigenvalue weighted by Gasteiger charge is -2.15. The van der Waals surface area contributed by atoms with E-state index in [0.29, 0.717) is 13.1 Å². The standard InChI is InChI=1S/C16H31N5/c1-20(2)9-5-7-15(11-17)13-19-14-16(12-18)8-6-10-21(3)4/h15-16,19H,5-10,13-14H2,1-4H3. The molecule has 0 spiro atoms. The van der Waals surface area contributed by atoms with Crippen LogP contribution in [0.15, 0.2) is 0 Å². The van der Waals surface area contributed by atoms with E-state index in [1.54, 1.807) is 0 Å². The molecule has 1 N–H and O–H groups in total. The van der Waals surface area contributed by atoms with Crippen molar-refractivity contribution in [1.29, 1.82) is 10.5 Å². The van der Waals surface area contributed by atoms with Crippen molar-refractivity contribution in [3.8, 4) is 12.1 Å². The van der Waals surface area contributed by atoms with E-state index in [4.69, 9.17) is 10.5 Å². The fourth-order valence-corrected chi connectivity index (χ4v) is 2.16. The van der Waals surface area contributed by atoms with Crippen LogP contribution in [0.5, 0.6) is 0 Å². The Balaban J connectivity index is 3.81. The molecule has 0 amide bonds. The molecule has 0 fully saturated rings. The van der Waals surface area contributed by atoms with Crippen LogP contribution < -0.4 is 5.32 Å². The van der Waals surface area contributed by atoms with Crippen molar-refractivity contribution in [3.05, 3.63) is 0 Å². The number of nitriles is 2. The summed E-state index contributed by atoms with van der Waals surface area (Å²) in [5.41, 5.74) is 0. The zero-order chi connectivity index (χ0) is 16.1. The minimum absolute atomic E-state index is 0.0473. The average Bonchev–Trinajstić information content (AvgIpc) is 2.43. The molecule has 0 heterocycles. The van der Waals surface area contributed by atoms with Crippen LogP contribution in [0.2, 0.25) is 0 Å².